The summed E-state index contributed by atoms with van der Waals surface area (Å²) in [5.74, 6) is -0.326. The quantitative estimate of drug-likeness (QED) is 0.0259. The number of hydrogen-bond donors (Lipinski definition) is 1. The summed E-state index contributed by atoms with van der Waals surface area (Å²) in [5.41, 5.74) is 0. The number of ether oxygens (including phenoxy) is 2. The molecule has 0 aromatic rings. The lowest BCUT2D eigenvalue weighted by Crippen LogP contribution is -2.37. The zero-order valence-electron chi connectivity index (χ0n) is 28.7. The highest BCUT2D eigenvalue weighted by molar-refractivity contribution is 7.47. The number of quaternary nitrogens is 1. The highest BCUT2D eigenvalue weighted by Crippen LogP contribution is 2.43. The van der Waals surface area contributed by atoms with Crippen molar-refractivity contribution in [2.75, 3.05) is 54.1 Å². The molecule has 8 nitrogen and oxygen atoms in total. The molecule has 256 valence electrons. The van der Waals surface area contributed by atoms with E-state index in [4.69, 9.17) is 18.5 Å². The molecule has 0 fully saturated rings. The maximum absolute atomic E-state index is 12.4. The van der Waals surface area contributed by atoms with Crippen molar-refractivity contribution in [3.05, 3.63) is 12.2 Å². The van der Waals surface area contributed by atoms with Crippen LogP contribution < -0.4 is 0 Å². The molecule has 0 aliphatic rings. The van der Waals surface area contributed by atoms with Gasteiger partial charge in [0.05, 0.1) is 34.4 Å². The van der Waals surface area contributed by atoms with Gasteiger partial charge in [0.25, 0.3) is 0 Å². The van der Waals surface area contributed by atoms with Gasteiger partial charge in [-0.1, -0.05) is 109 Å². The number of phosphoric acid groups is 1. The van der Waals surface area contributed by atoms with Gasteiger partial charge >= 0.3 is 13.8 Å². The van der Waals surface area contributed by atoms with Gasteiger partial charge in [-0.3, -0.25) is 13.8 Å². The minimum Gasteiger partial charge on any atom is -0.457 e. The normalized spacial score (nSPS) is 14.3. The van der Waals surface area contributed by atoms with Crippen LogP contribution >= 0.6 is 7.82 Å². The second-order valence-corrected chi connectivity index (χ2v) is 14.4. The molecule has 0 aliphatic carbocycles. The van der Waals surface area contributed by atoms with Crippen molar-refractivity contribution in [1.29, 1.82) is 0 Å². The highest BCUT2D eigenvalue weighted by Gasteiger charge is 2.26. The van der Waals surface area contributed by atoms with Crippen molar-refractivity contribution in [3.8, 4) is 0 Å². The van der Waals surface area contributed by atoms with Crippen LogP contribution in [0, 0.1) is 0 Å². The first-order valence-electron chi connectivity index (χ1n) is 17.4. The van der Waals surface area contributed by atoms with Crippen molar-refractivity contribution in [1.82, 2.24) is 0 Å². The van der Waals surface area contributed by atoms with Crippen LogP contribution in [0.15, 0.2) is 12.2 Å². The number of esters is 1. The Bertz CT molecular complexity index is 711. The Morgan fingerprint density at radius 1 is 0.698 bits per heavy atom. The molecule has 0 spiro atoms. The summed E-state index contributed by atoms with van der Waals surface area (Å²) in [6.07, 6.45) is 26.8. The molecule has 1 N–H and O–H groups in total. The molecule has 0 aliphatic heterocycles. The van der Waals surface area contributed by atoms with Crippen LogP contribution in [0.1, 0.15) is 142 Å². The number of allylic oxidation sites excluding steroid dienone is 2. The number of carbonyl (C=O) groups is 1. The summed E-state index contributed by atoms with van der Waals surface area (Å²) >= 11 is 0. The van der Waals surface area contributed by atoms with Crippen LogP contribution in [0.2, 0.25) is 0 Å². The van der Waals surface area contributed by atoms with E-state index in [0.29, 0.717) is 24.1 Å². The van der Waals surface area contributed by atoms with Gasteiger partial charge in [-0.25, -0.2) is 4.57 Å². The Hall–Kier alpha value is -0.760. The second kappa shape index (κ2) is 28.7. The lowest BCUT2D eigenvalue weighted by atomic mass is 10.1. The summed E-state index contributed by atoms with van der Waals surface area (Å²) < 4.78 is 34.6. The van der Waals surface area contributed by atoms with E-state index in [1.165, 1.54) is 89.9 Å². The molecule has 0 heterocycles. The number of phosphoric ester groups is 1. The lowest BCUT2D eigenvalue weighted by molar-refractivity contribution is -0.870. The summed E-state index contributed by atoms with van der Waals surface area (Å²) in [6, 6.07) is 0. The van der Waals surface area contributed by atoms with E-state index in [2.05, 4.69) is 26.0 Å². The fraction of sp³-hybridized carbons (Fsp3) is 0.912. The Labute approximate surface area is 265 Å². The van der Waals surface area contributed by atoms with Crippen molar-refractivity contribution in [2.45, 2.75) is 148 Å². The van der Waals surface area contributed by atoms with E-state index < -0.39 is 13.9 Å². The molecule has 0 bridgehead atoms. The number of carbonyl (C=O) groups excluding carboxylic acids is 1. The molecule has 0 radical (unpaired) electrons. The predicted molar refractivity (Wildman–Crippen MR) is 178 cm³/mol. The average Bonchev–Trinajstić information content (AvgIpc) is 2.94. The maximum Gasteiger partial charge on any atom is 0.472 e. The summed E-state index contributed by atoms with van der Waals surface area (Å²) in [4.78, 5) is 22.5. The Balaban J connectivity index is 4.22. The van der Waals surface area contributed by atoms with E-state index >= 15 is 0 Å². The number of rotatable bonds is 32. The van der Waals surface area contributed by atoms with Crippen LogP contribution in [-0.4, -0.2) is 75.6 Å². The van der Waals surface area contributed by atoms with E-state index in [-0.39, 0.29) is 25.8 Å². The van der Waals surface area contributed by atoms with Crippen molar-refractivity contribution in [2.24, 2.45) is 0 Å². The Kier molecular flexibility index (Phi) is 28.2. The van der Waals surface area contributed by atoms with Crippen LogP contribution in [0.3, 0.4) is 0 Å². The van der Waals surface area contributed by atoms with Gasteiger partial charge in [-0.2, -0.15) is 0 Å². The monoisotopic (exact) mass is 634 g/mol. The third-order valence-corrected chi connectivity index (χ3v) is 8.31. The van der Waals surface area contributed by atoms with Crippen LogP contribution in [-0.2, 0) is 27.9 Å². The smallest absolute Gasteiger partial charge is 0.457 e. The third-order valence-electron chi connectivity index (χ3n) is 7.33. The summed E-state index contributed by atoms with van der Waals surface area (Å²) in [6.45, 7) is 5.53. The van der Waals surface area contributed by atoms with Gasteiger partial charge < -0.3 is 18.9 Å². The molecule has 2 atom stereocenters. The van der Waals surface area contributed by atoms with Crippen LogP contribution in [0.4, 0.5) is 0 Å². The predicted octanol–water partition coefficient (Wildman–Crippen LogP) is 9.15. The zero-order valence-corrected chi connectivity index (χ0v) is 29.6. The largest absolute Gasteiger partial charge is 0.472 e. The third kappa shape index (κ3) is 32.4. The van der Waals surface area contributed by atoms with Gasteiger partial charge in [-0.15, -0.1) is 0 Å². The van der Waals surface area contributed by atoms with Crippen LogP contribution in [0.25, 0.3) is 0 Å². The number of nitrogens with zero attached hydrogens (tertiary/aromatic N) is 1. The second-order valence-electron chi connectivity index (χ2n) is 12.9. The number of hydrogen-bond acceptors (Lipinski definition) is 6. The average molecular weight is 635 g/mol. The molecule has 2 unspecified atom stereocenters. The minimum atomic E-state index is -4.25. The Morgan fingerprint density at radius 3 is 1.77 bits per heavy atom. The first-order valence-corrected chi connectivity index (χ1v) is 18.9. The van der Waals surface area contributed by atoms with Gasteiger partial charge in [0.1, 0.15) is 19.3 Å². The molecule has 0 saturated heterocycles. The van der Waals surface area contributed by atoms with Gasteiger partial charge in [0, 0.05) is 13.0 Å². The summed E-state index contributed by atoms with van der Waals surface area (Å²) in [7, 11) is 1.66. The molecule has 0 aromatic heterocycles. The molecule has 0 aromatic carbocycles. The topological polar surface area (TPSA) is 91.3 Å². The fourth-order valence-electron chi connectivity index (χ4n) is 4.54. The molecule has 0 saturated carbocycles. The summed E-state index contributed by atoms with van der Waals surface area (Å²) in [5, 5.41) is 0. The first kappa shape index (κ1) is 42.2. The molecular weight excluding hydrogens is 565 g/mol. The lowest BCUT2D eigenvalue weighted by Gasteiger charge is -2.24. The van der Waals surface area contributed by atoms with Crippen molar-refractivity contribution >= 4 is 13.8 Å². The van der Waals surface area contributed by atoms with E-state index in [1.807, 2.05) is 21.1 Å². The fourth-order valence-corrected chi connectivity index (χ4v) is 5.29. The highest BCUT2D eigenvalue weighted by atomic mass is 31.2. The van der Waals surface area contributed by atoms with Gasteiger partial charge in [0.2, 0.25) is 0 Å². The van der Waals surface area contributed by atoms with Gasteiger partial charge in [-0.05, 0) is 38.5 Å². The molecule has 9 heteroatoms. The van der Waals surface area contributed by atoms with E-state index in [1.54, 1.807) is 0 Å². The minimum absolute atomic E-state index is 0.0894. The molecular formula is C34H69NO7P+. The maximum atomic E-state index is 12.4. The Morgan fingerprint density at radius 2 is 1.21 bits per heavy atom. The number of unbranched alkanes of at least 4 members (excludes halogenated alkanes) is 16. The molecule has 43 heavy (non-hydrogen) atoms. The number of likely N-dealkylation sites (N-methyl/N-ethyl adjacent to an activating group) is 1. The standard InChI is InChI=1S/C34H68NO7P/c1-6-8-10-12-14-15-16-17-18-19-20-21-22-24-26-29-39-31-33(42-34(36)27-25-23-13-11-9-7-2)32-41-43(37,38)40-30-28-35(3,4)5/h16-17,33H,6-15,18-32H2,1-5H3/p+1/b17-16-. The molecule has 0 amide bonds. The zero-order chi connectivity index (χ0) is 32.1. The van der Waals surface area contributed by atoms with E-state index in [0.717, 1.165) is 32.1 Å². The SMILES string of the molecule is CCCCCCC/C=C\CCCCCCCCOCC(COP(=O)(O)OCC[N+](C)(C)C)OC(=O)CCCCCCCC. The molecule has 0 rings (SSSR count). The van der Waals surface area contributed by atoms with Crippen molar-refractivity contribution in [3.63, 3.8) is 0 Å². The van der Waals surface area contributed by atoms with Gasteiger partial charge in [0.15, 0.2) is 0 Å². The van der Waals surface area contributed by atoms with E-state index in [9.17, 15) is 14.3 Å². The van der Waals surface area contributed by atoms with Crippen LogP contribution in [0.5, 0.6) is 0 Å². The first-order chi connectivity index (χ1) is 20.6. The van der Waals surface area contributed by atoms with Crippen molar-refractivity contribution < 1.29 is 37.3 Å².